The van der Waals surface area contributed by atoms with Crippen molar-refractivity contribution in [1.29, 1.82) is 0 Å². The maximum absolute atomic E-state index is 10.4. The molecule has 0 heterocycles. The third-order valence-electron chi connectivity index (χ3n) is 1.28. The van der Waals surface area contributed by atoms with Crippen LogP contribution >= 0.6 is 0 Å². The fourth-order valence-corrected chi connectivity index (χ4v) is 0.750. The molecule has 0 aliphatic carbocycles. The Labute approximate surface area is 65.7 Å². The zero-order chi connectivity index (χ0) is 8.69. The average Bonchev–Trinajstić information content (AvgIpc) is 1.97. The first kappa shape index (κ1) is 10.3. The molecule has 0 rings (SSSR count). The number of hydrogen-bond acceptors (Lipinski definition) is 4. The molecule has 5 heteroatoms. The zero-order valence-electron chi connectivity index (χ0n) is 6.42. The summed E-state index contributed by atoms with van der Waals surface area (Å²) in [5.74, 6) is -0.383. The number of carbonyl (C=O) groups is 1. The zero-order valence-corrected chi connectivity index (χ0v) is 6.42. The largest absolute Gasteiger partial charge is 0.395 e. The number of amides is 1. The maximum Gasteiger partial charge on any atom is 0.219 e. The molecule has 1 unspecified atom stereocenters. The Morgan fingerprint density at radius 2 is 2.27 bits per heavy atom. The van der Waals surface area contributed by atoms with E-state index in [0.717, 1.165) is 0 Å². The second-order valence-corrected chi connectivity index (χ2v) is 2.28. The van der Waals surface area contributed by atoms with Crippen molar-refractivity contribution in [1.82, 2.24) is 5.32 Å². The molecule has 0 aliphatic rings. The lowest BCUT2D eigenvalue weighted by Crippen LogP contribution is -2.40. The van der Waals surface area contributed by atoms with E-state index in [2.05, 4.69) is 5.32 Å². The summed E-state index contributed by atoms with van der Waals surface area (Å²) < 4.78 is 0. The number of carbonyl (C=O) groups excluding carboxylic acids is 1. The molecule has 0 aromatic rings. The van der Waals surface area contributed by atoms with Crippen molar-refractivity contribution < 1.29 is 9.90 Å². The molecule has 0 aromatic heterocycles. The minimum Gasteiger partial charge on any atom is -0.395 e. The van der Waals surface area contributed by atoms with Crippen LogP contribution in [0.3, 0.4) is 0 Å². The topological polar surface area (TPSA) is 101 Å². The third-order valence-corrected chi connectivity index (χ3v) is 1.28. The Hall–Kier alpha value is -0.650. The van der Waals surface area contributed by atoms with Crippen LogP contribution in [-0.4, -0.2) is 36.8 Å². The van der Waals surface area contributed by atoms with Gasteiger partial charge in [-0.05, 0) is 0 Å². The van der Waals surface area contributed by atoms with Gasteiger partial charge in [0.1, 0.15) is 0 Å². The lowest BCUT2D eigenvalue weighted by atomic mass is 10.2. The highest BCUT2D eigenvalue weighted by Crippen LogP contribution is 1.86. The van der Waals surface area contributed by atoms with Crippen LogP contribution in [0, 0.1) is 0 Å². The fraction of sp³-hybridized carbons (Fsp3) is 0.833. The molecule has 1 atom stereocenters. The fourth-order valence-electron chi connectivity index (χ4n) is 0.750. The summed E-state index contributed by atoms with van der Waals surface area (Å²) in [5, 5.41) is 11.3. The van der Waals surface area contributed by atoms with Gasteiger partial charge in [-0.25, -0.2) is 0 Å². The number of rotatable bonds is 6. The molecular weight excluding hydrogens is 146 g/mol. The van der Waals surface area contributed by atoms with Crippen molar-refractivity contribution in [2.75, 3.05) is 19.7 Å². The standard InChI is InChI=1S/C6H15N3O2/c7-4-5(3-6(8)11)9-1-2-10/h5,9-10H,1-4,7H2,(H2,8,11). The van der Waals surface area contributed by atoms with Gasteiger partial charge in [0.15, 0.2) is 0 Å². The van der Waals surface area contributed by atoms with E-state index in [0.29, 0.717) is 13.1 Å². The summed E-state index contributed by atoms with van der Waals surface area (Å²) in [5.41, 5.74) is 10.3. The van der Waals surface area contributed by atoms with E-state index in [1.165, 1.54) is 0 Å². The number of hydrogen-bond donors (Lipinski definition) is 4. The van der Waals surface area contributed by atoms with Gasteiger partial charge in [0.05, 0.1) is 6.61 Å². The number of nitrogens with two attached hydrogens (primary N) is 2. The van der Waals surface area contributed by atoms with E-state index in [1.807, 2.05) is 0 Å². The smallest absolute Gasteiger partial charge is 0.219 e. The summed E-state index contributed by atoms with van der Waals surface area (Å²) >= 11 is 0. The van der Waals surface area contributed by atoms with E-state index in [9.17, 15) is 4.79 Å². The predicted octanol–water partition coefficient (Wildman–Crippen LogP) is -2.23. The maximum atomic E-state index is 10.4. The minimum atomic E-state index is -0.383. The number of aliphatic hydroxyl groups is 1. The summed E-state index contributed by atoms with van der Waals surface area (Å²) in [6, 6.07) is -0.111. The first-order valence-electron chi connectivity index (χ1n) is 3.53. The normalized spacial score (nSPS) is 12.9. The molecule has 0 aromatic carbocycles. The lowest BCUT2D eigenvalue weighted by Gasteiger charge is -2.13. The van der Waals surface area contributed by atoms with Gasteiger partial charge < -0.3 is 21.9 Å². The van der Waals surface area contributed by atoms with Crippen molar-refractivity contribution in [3.63, 3.8) is 0 Å². The summed E-state index contributed by atoms with van der Waals surface area (Å²) in [7, 11) is 0. The number of nitrogens with one attached hydrogen (secondary N) is 1. The quantitative estimate of drug-likeness (QED) is 0.354. The van der Waals surface area contributed by atoms with Crippen molar-refractivity contribution >= 4 is 5.91 Å². The van der Waals surface area contributed by atoms with Crippen LogP contribution in [0.15, 0.2) is 0 Å². The molecule has 1 amide bonds. The molecule has 11 heavy (non-hydrogen) atoms. The SMILES string of the molecule is NCC(CC(N)=O)NCCO. The molecule has 0 spiro atoms. The van der Waals surface area contributed by atoms with Gasteiger partial charge in [0, 0.05) is 25.6 Å². The van der Waals surface area contributed by atoms with Gasteiger partial charge in [0.25, 0.3) is 0 Å². The van der Waals surface area contributed by atoms with Crippen LogP contribution in [0.1, 0.15) is 6.42 Å². The second-order valence-electron chi connectivity index (χ2n) is 2.28. The highest BCUT2D eigenvalue weighted by Gasteiger charge is 2.07. The Balaban J connectivity index is 3.49. The van der Waals surface area contributed by atoms with Crippen molar-refractivity contribution in [3.05, 3.63) is 0 Å². The van der Waals surface area contributed by atoms with E-state index in [-0.39, 0.29) is 25.0 Å². The minimum absolute atomic E-state index is 0.0370. The average molecular weight is 161 g/mol. The van der Waals surface area contributed by atoms with E-state index in [1.54, 1.807) is 0 Å². The Morgan fingerprint density at radius 1 is 1.64 bits per heavy atom. The number of aliphatic hydroxyl groups excluding tert-OH is 1. The Bertz CT molecular complexity index is 118. The van der Waals surface area contributed by atoms with Crippen LogP contribution in [0.2, 0.25) is 0 Å². The van der Waals surface area contributed by atoms with Gasteiger partial charge in [0.2, 0.25) is 5.91 Å². The monoisotopic (exact) mass is 161 g/mol. The Kier molecular flexibility index (Phi) is 5.73. The summed E-state index contributed by atoms with van der Waals surface area (Å²) in [6.07, 6.45) is 0.219. The molecule has 0 aliphatic heterocycles. The van der Waals surface area contributed by atoms with Crippen molar-refractivity contribution in [3.8, 4) is 0 Å². The van der Waals surface area contributed by atoms with E-state index < -0.39 is 0 Å². The molecule has 0 bridgehead atoms. The molecule has 0 saturated carbocycles. The first-order chi connectivity index (χ1) is 5.20. The molecule has 0 radical (unpaired) electrons. The van der Waals surface area contributed by atoms with Crippen LogP contribution in [-0.2, 0) is 4.79 Å². The highest BCUT2D eigenvalue weighted by molar-refractivity contribution is 5.74. The number of primary amides is 1. The molecular formula is C6H15N3O2. The molecule has 0 saturated heterocycles. The van der Waals surface area contributed by atoms with Gasteiger partial charge in [-0.15, -0.1) is 0 Å². The van der Waals surface area contributed by atoms with Gasteiger partial charge in [-0.3, -0.25) is 4.79 Å². The van der Waals surface area contributed by atoms with Crippen molar-refractivity contribution in [2.24, 2.45) is 11.5 Å². The molecule has 66 valence electrons. The van der Waals surface area contributed by atoms with Crippen LogP contribution in [0.5, 0.6) is 0 Å². The van der Waals surface area contributed by atoms with Gasteiger partial charge >= 0.3 is 0 Å². The molecule has 6 N–H and O–H groups in total. The summed E-state index contributed by atoms with van der Waals surface area (Å²) in [6.45, 7) is 0.827. The van der Waals surface area contributed by atoms with Crippen LogP contribution < -0.4 is 16.8 Å². The van der Waals surface area contributed by atoms with E-state index >= 15 is 0 Å². The van der Waals surface area contributed by atoms with E-state index in [4.69, 9.17) is 16.6 Å². The van der Waals surface area contributed by atoms with Crippen LogP contribution in [0.4, 0.5) is 0 Å². The third kappa shape index (κ3) is 5.78. The first-order valence-corrected chi connectivity index (χ1v) is 3.53. The molecule has 0 fully saturated rings. The predicted molar refractivity (Wildman–Crippen MR) is 41.7 cm³/mol. The van der Waals surface area contributed by atoms with Gasteiger partial charge in [-0.1, -0.05) is 0 Å². The lowest BCUT2D eigenvalue weighted by molar-refractivity contribution is -0.118. The molecule has 5 nitrogen and oxygen atoms in total. The summed E-state index contributed by atoms with van der Waals surface area (Å²) in [4.78, 5) is 10.4. The van der Waals surface area contributed by atoms with Gasteiger partial charge in [-0.2, -0.15) is 0 Å². The Morgan fingerprint density at radius 3 is 2.64 bits per heavy atom. The van der Waals surface area contributed by atoms with Crippen LogP contribution in [0.25, 0.3) is 0 Å². The van der Waals surface area contributed by atoms with Crippen molar-refractivity contribution in [2.45, 2.75) is 12.5 Å². The second kappa shape index (κ2) is 6.09. The highest BCUT2D eigenvalue weighted by atomic mass is 16.3.